The number of anilines is 1. The molecule has 0 aliphatic carbocycles. The molecule has 0 radical (unpaired) electrons. The largest absolute Gasteiger partial charge is 0.462 e. The van der Waals surface area contributed by atoms with Gasteiger partial charge in [-0.2, -0.15) is 4.98 Å². The van der Waals surface area contributed by atoms with E-state index in [0.717, 1.165) is 84.2 Å². The molecule has 0 amide bonds. The van der Waals surface area contributed by atoms with Crippen molar-refractivity contribution in [3.05, 3.63) is 48.2 Å². The van der Waals surface area contributed by atoms with Gasteiger partial charge in [-0.1, -0.05) is 30.3 Å². The lowest BCUT2D eigenvalue weighted by Gasteiger charge is -2.26. The van der Waals surface area contributed by atoms with E-state index in [1.54, 1.807) is 0 Å². The Morgan fingerprint density at radius 2 is 1.70 bits per heavy atom. The Balaban J connectivity index is 1.24. The molecule has 2 saturated heterocycles. The van der Waals surface area contributed by atoms with Crippen LogP contribution in [0.4, 0.5) is 5.82 Å². The van der Waals surface area contributed by atoms with E-state index in [9.17, 15) is 0 Å². The first-order valence-corrected chi connectivity index (χ1v) is 11.1. The number of benzene rings is 1. The van der Waals surface area contributed by atoms with Crippen LogP contribution in [0.25, 0.3) is 0 Å². The molecule has 7 nitrogen and oxygen atoms in total. The Bertz CT molecular complexity index is 754. The molecule has 7 heteroatoms. The SMILES string of the molecule is c1ccc(CCN2CCCN(c3ccnc(OCCN4CCOCC4)n3)CC2)cc1. The molecular weight excluding hydrogens is 378 g/mol. The number of aromatic nitrogens is 2. The highest BCUT2D eigenvalue weighted by molar-refractivity contribution is 5.38. The highest BCUT2D eigenvalue weighted by Gasteiger charge is 2.17. The first-order valence-electron chi connectivity index (χ1n) is 11.1. The fourth-order valence-electron chi connectivity index (χ4n) is 4.02. The average Bonchev–Trinajstić information content (AvgIpc) is 3.05. The third kappa shape index (κ3) is 6.39. The van der Waals surface area contributed by atoms with Crippen molar-refractivity contribution in [2.45, 2.75) is 12.8 Å². The molecule has 2 aromatic rings. The lowest BCUT2D eigenvalue weighted by molar-refractivity contribution is 0.0317. The molecule has 1 aromatic carbocycles. The number of ether oxygens (including phenoxy) is 2. The fraction of sp³-hybridized carbons (Fsp3) is 0.565. The van der Waals surface area contributed by atoms with Crippen LogP contribution in [0.1, 0.15) is 12.0 Å². The van der Waals surface area contributed by atoms with E-state index in [2.05, 4.69) is 55.0 Å². The second kappa shape index (κ2) is 11.2. The summed E-state index contributed by atoms with van der Waals surface area (Å²) >= 11 is 0. The first-order chi connectivity index (χ1) is 14.9. The zero-order valence-corrected chi connectivity index (χ0v) is 17.8. The van der Waals surface area contributed by atoms with Crippen molar-refractivity contribution in [1.82, 2.24) is 19.8 Å². The van der Waals surface area contributed by atoms with Crippen LogP contribution >= 0.6 is 0 Å². The van der Waals surface area contributed by atoms with Crippen LogP contribution in [0.5, 0.6) is 6.01 Å². The van der Waals surface area contributed by atoms with Crippen LogP contribution in [-0.4, -0.2) is 91.9 Å². The zero-order valence-electron chi connectivity index (χ0n) is 17.8. The Labute approximate surface area is 179 Å². The molecule has 0 unspecified atom stereocenters. The maximum atomic E-state index is 5.84. The van der Waals surface area contributed by atoms with E-state index in [1.165, 1.54) is 5.56 Å². The van der Waals surface area contributed by atoms with E-state index in [-0.39, 0.29) is 0 Å². The third-order valence-corrected chi connectivity index (χ3v) is 5.83. The summed E-state index contributed by atoms with van der Waals surface area (Å²) < 4.78 is 11.2. The number of hydrogen-bond donors (Lipinski definition) is 0. The Kier molecular flexibility index (Phi) is 7.88. The van der Waals surface area contributed by atoms with Crippen LogP contribution in [-0.2, 0) is 11.2 Å². The van der Waals surface area contributed by atoms with Crippen molar-refractivity contribution in [2.24, 2.45) is 0 Å². The molecule has 0 atom stereocenters. The molecule has 0 spiro atoms. The van der Waals surface area contributed by atoms with Crippen molar-refractivity contribution >= 4 is 5.82 Å². The van der Waals surface area contributed by atoms with Gasteiger partial charge in [0.25, 0.3) is 0 Å². The molecule has 2 fully saturated rings. The Morgan fingerprint density at radius 1 is 0.867 bits per heavy atom. The Morgan fingerprint density at radius 3 is 2.57 bits per heavy atom. The van der Waals surface area contributed by atoms with Gasteiger partial charge in [-0.3, -0.25) is 4.90 Å². The van der Waals surface area contributed by atoms with Crippen LogP contribution < -0.4 is 9.64 Å². The van der Waals surface area contributed by atoms with Gasteiger partial charge in [0, 0.05) is 52.0 Å². The maximum absolute atomic E-state index is 5.84. The molecule has 1 aromatic heterocycles. The number of morpholine rings is 1. The molecule has 3 heterocycles. The van der Waals surface area contributed by atoms with Crippen LogP contribution in [0.15, 0.2) is 42.6 Å². The van der Waals surface area contributed by atoms with Gasteiger partial charge >= 0.3 is 6.01 Å². The Hall–Kier alpha value is -2.22. The number of nitrogens with zero attached hydrogens (tertiary/aromatic N) is 5. The van der Waals surface area contributed by atoms with Crippen molar-refractivity contribution in [3.8, 4) is 6.01 Å². The van der Waals surface area contributed by atoms with E-state index >= 15 is 0 Å². The molecule has 2 aliphatic rings. The van der Waals surface area contributed by atoms with Crippen LogP contribution in [0.2, 0.25) is 0 Å². The normalized spacial score (nSPS) is 18.9. The van der Waals surface area contributed by atoms with E-state index in [0.29, 0.717) is 12.6 Å². The van der Waals surface area contributed by atoms with Gasteiger partial charge in [-0.15, -0.1) is 0 Å². The molecule has 0 bridgehead atoms. The minimum Gasteiger partial charge on any atom is -0.462 e. The van der Waals surface area contributed by atoms with Gasteiger partial charge in [-0.25, -0.2) is 4.98 Å². The summed E-state index contributed by atoms with van der Waals surface area (Å²) in [7, 11) is 0. The minimum atomic E-state index is 0.478. The summed E-state index contributed by atoms with van der Waals surface area (Å²) in [4.78, 5) is 16.3. The monoisotopic (exact) mass is 411 g/mol. The maximum Gasteiger partial charge on any atom is 0.318 e. The van der Waals surface area contributed by atoms with Gasteiger partial charge in [0.2, 0.25) is 0 Å². The number of hydrogen-bond acceptors (Lipinski definition) is 7. The summed E-state index contributed by atoms with van der Waals surface area (Å²) in [6.07, 6.45) is 4.06. The number of rotatable bonds is 8. The van der Waals surface area contributed by atoms with Crippen molar-refractivity contribution in [3.63, 3.8) is 0 Å². The van der Waals surface area contributed by atoms with E-state index < -0.39 is 0 Å². The summed E-state index contributed by atoms with van der Waals surface area (Å²) in [6, 6.07) is 13.2. The van der Waals surface area contributed by atoms with Gasteiger partial charge in [0.1, 0.15) is 12.4 Å². The molecule has 30 heavy (non-hydrogen) atoms. The molecular formula is C23H33N5O2. The van der Waals surface area contributed by atoms with Crippen molar-refractivity contribution in [2.75, 3.05) is 77.1 Å². The molecule has 162 valence electrons. The minimum absolute atomic E-state index is 0.478. The lowest BCUT2D eigenvalue weighted by Crippen LogP contribution is -2.38. The van der Waals surface area contributed by atoms with Crippen molar-refractivity contribution < 1.29 is 9.47 Å². The first kappa shape index (κ1) is 21.0. The highest BCUT2D eigenvalue weighted by Crippen LogP contribution is 2.16. The van der Waals surface area contributed by atoms with Gasteiger partial charge in [0.05, 0.1) is 13.2 Å². The predicted molar refractivity (Wildman–Crippen MR) is 118 cm³/mol. The van der Waals surface area contributed by atoms with Crippen LogP contribution in [0.3, 0.4) is 0 Å². The summed E-state index contributed by atoms with van der Waals surface area (Å²) in [5.41, 5.74) is 1.41. The van der Waals surface area contributed by atoms with Gasteiger partial charge in [-0.05, 0) is 31.0 Å². The highest BCUT2D eigenvalue weighted by atomic mass is 16.5. The van der Waals surface area contributed by atoms with Crippen molar-refractivity contribution in [1.29, 1.82) is 0 Å². The van der Waals surface area contributed by atoms with E-state index in [4.69, 9.17) is 9.47 Å². The molecule has 4 rings (SSSR count). The van der Waals surface area contributed by atoms with Gasteiger partial charge in [0.15, 0.2) is 0 Å². The predicted octanol–water partition coefficient (Wildman–Crippen LogP) is 1.94. The topological polar surface area (TPSA) is 54.0 Å². The molecule has 0 N–H and O–H groups in total. The van der Waals surface area contributed by atoms with Gasteiger partial charge < -0.3 is 19.3 Å². The quantitative estimate of drug-likeness (QED) is 0.658. The second-order valence-corrected chi connectivity index (χ2v) is 7.92. The second-order valence-electron chi connectivity index (χ2n) is 7.92. The van der Waals surface area contributed by atoms with E-state index in [1.807, 2.05) is 12.3 Å². The summed E-state index contributed by atoms with van der Waals surface area (Å²) in [5, 5.41) is 0. The fourth-order valence-corrected chi connectivity index (χ4v) is 4.02. The lowest BCUT2D eigenvalue weighted by atomic mass is 10.1. The average molecular weight is 412 g/mol. The van der Waals surface area contributed by atoms with Crippen LogP contribution in [0, 0.1) is 0 Å². The summed E-state index contributed by atoms with van der Waals surface area (Å²) in [5.74, 6) is 0.969. The zero-order chi connectivity index (χ0) is 20.4. The third-order valence-electron chi connectivity index (χ3n) is 5.83. The smallest absolute Gasteiger partial charge is 0.318 e. The summed E-state index contributed by atoms with van der Waals surface area (Å²) in [6.45, 7) is 10.4. The standard InChI is InChI=1S/C23H33N5O2/c1-2-5-21(6-3-1)8-12-26-10-4-11-28(14-13-26)22-7-9-24-23(25-22)30-20-17-27-15-18-29-19-16-27/h1-3,5-7,9H,4,8,10-20H2. The molecule has 2 aliphatic heterocycles. The molecule has 0 saturated carbocycles.